The smallest absolute Gasteiger partial charge is 0.224 e. The van der Waals surface area contributed by atoms with Gasteiger partial charge in [-0.05, 0) is 36.6 Å². The molecule has 4 heteroatoms. The molecule has 16 heavy (non-hydrogen) atoms. The van der Waals surface area contributed by atoms with Crippen LogP contribution in [-0.2, 0) is 11.2 Å². The summed E-state index contributed by atoms with van der Waals surface area (Å²) in [6.45, 7) is 2.12. The maximum atomic E-state index is 12.9. The van der Waals surface area contributed by atoms with Crippen LogP contribution in [0.4, 0.5) is 4.39 Å². The Morgan fingerprint density at radius 1 is 1.56 bits per heavy atom. The summed E-state index contributed by atoms with van der Waals surface area (Å²) in [6.07, 6.45) is 0.544. The lowest BCUT2D eigenvalue weighted by Crippen LogP contribution is -2.34. The number of aryl methyl sites for hydroxylation is 1. The van der Waals surface area contributed by atoms with Crippen LogP contribution in [0.3, 0.4) is 0 Å². The zero-order valence-corrected chi connectivity index (χ0v) is 9.59. The molecule has 0 bridgehead atoms. The lowest BCUT2D eigenvalue weighted by Gasteiger charge is -2.14. The van der Waals surface area contributed by atoms with Crippen molar-refractivity contribution in [1.82, 2.24) is 5.32 Å². The minimum Gasteiger partial charge on any atom is -0.359 e. The summed E-state index contributed by atoms with van der Waals surface area (Å²) in [5.74, 6) is -0.592. The summed E-state index contributed by atoms with van der Waals surface area (Å²) in [5.41, 5.74) is 7.35. The average molecular weight is 224 g/mol. The number of nitrogens with one attached hydrogen (secondary N) is 1. The van der Waals surface area contributed by atoms with Gasteiger partial charge >= 0.3 is 0 Å². The van der Waals surface area contributed by atoms with Crippen molar-refractivity contribution in [2.75, 3.05) is 13.6 Å². The number of carbonyl (C=O) groups is 1. The fraction of sp³-hybridized carbons (Fsp3) is 0.417. The van der Waals surface area contributed by atoms with Crippen molar-refractivity contribution in [3.63, 3.8) is 0 Å². The first-order valence-electron chi connectivity index (χ1n) is 5.25. The Bertz CT molecular complexity index is 379. The van der Waals surface area contributed by atoms with Gasteiger partial charge in [-0.15, -0.1) is 0 Å². The quantitative estimate of drug-likeness (QED) is 0.801. The zero-order valence-electron chi connectivity index (χ0n) is 9.59. The van der Waals surface area contributed by atoms with Crippen LogP contribution in [0, 0.1) is 18.7 Å². The number of carbonyl (C=O) groups excluding carboxylic acids is 1. The van der Waals surface area contributed by atoms with Gasteiger partial charge in [-0.25, -0.2) is 4.39 Å². The Balaban J connectivity index is 2.82. The SMILES string of the molecule is CNC(=O)[C@H](CN)Cc1ccc(F)cc1C. The Morgan fingerprint density at radius 2 is 2.25 bits per heavy atom. The van der Waals surface area contributed by atoms with E-state index in [-0.39, 0.29) is 24.2 Å². The molecule has 0 saturated heterocycles. The predicted octanol–water partition coefficient (Wildman–Crippen LogP) is 0.998. The van der Waals surface area contributed by atoms with Crippen LogP contribution in [-0.4, -0.2) is 19.5 Å². The number of hydrogen-bond donors (Lipinski definition) is 2. The third kappa shape index (κ3) is 3.03. The van der Waals surface area contributed by atoms with E-state index in [4.69, 9.17) is 5.73 Å². The molecule has 0 aromatic heterocycles. The lowest BCUT2D eigenvalue weighted by molar-refractivity contribution is -0.124. The van der Waals surface area contributed by atoms with Gasteiger partial charge in [-0.2, -0.15) is 0 Å². The minimum atomic E-state index is -0.259. The van der Waals surface area contributed by atoms with Gasteiger partial charge in [0, 0.05) is 13.6 Å². The fourth-order valence-electron chi connectivity index (χ4n) is 1.64. The molecular formula is C12H17FN2O. The number of halogens is 1. The van der Waals surface area contributed by atoms with E-state index < -0.39 is 0 Å². The van der Waals surface area contributed by atoms with Gasteiger partial charge in [0.05, 0.1) is 5.92 Å². The Morgan fingerprint density at radius 3 is 2.75 bits per heavy atom. The topological polar surface area (TPSA) is 55.1 Å². The Kier molecular flexibility index (Phi) is 4.43. The molecule has 0 aliphatic carbocycles. The van der Waals surface area contributed by atoms with Gasteiger partial charge in [-0.3, -0.25) is 4.79 Å². The van der Waals surface area contributed by atoms with Crippen LogP contribution < -0.4 is 11.1 Å². The van der Waals surface area contributed by atoms with Gasteiger partial charge < -0.3 is 11.1 Å². The molecule has 1 atom stereocenters. The molecule has 0 fully saturated rings. The summed E-state index contributed by atoms with van der Waals surface area (Å²) in [5, 5.41) is 2.57. The fourth-order valence-corrected chi connectivity index (χ4v) is 1.64. The molecular weight excluding hydrogens is 207 g/mol. The minimum absolute atomic E-state index is 0.0776. The van der Waals surface area contributed by atoms with E-state index in [2.05, 4.69) is 5.32 Å². The summed E-state index contributed by atoms with van der Waals surface area (Å²) in [4.78, 5) is 11.5. The highest BCUT2D eigenvalue weighted by Crippen LogP contribution is 2.14. The molecule has 1 rings (SSSR count). The van der Waals surface area contributed by atoms with Gasteiger partial charge in [-0.1, -0.05) is 6.07 Å². The van der Waals surface area contributed by atoms with Gasteiger partial charge in [0.1, 0.15) is 5.82 Å². The van der Waals surface area contributed by atoms with E-state index in [9.17, 15) is 9.18 Å². The van der Waals surface area contributed by atoms with Crippen molar-refractivity contribution < 1.29 is 9.18 Å². The molecule has 0 heterocycles. The molecule has 0 saturated carbocycles. The average Bonchev–Trinajstić information content (AvgIpc) is 2.27. The van der Waals surface area contributed by atoms with Gasteiger partial charge in [0.2, 0.25) is 5.91 Å². The van der Waals surface area contributed by atoms with Gasteiger partial charge in [0.15, 0.2) is 0 Å². The molecule has 1 amide bonds. The number of rotatable bonds is 4. The molecule has 0 radical (unpaired) electrons. The highest BCUT2D eigenvalue weighted by atomic mass is 19.1. The predicted molar refractivity (Wildman–Crippen MR) is 61.5 cm³/mol. The second-order valence-electron chi connectivity index (χ2n) is 3.82. The maximum absolute atomic E-state index is 12.9. The van der Waals surface area contributed by atoms with E-state index in [1.54, 1.807) is 13.1 Å². The number of nitrogens with two attached hydrogens (primary N) is 1. The van der Waals surface area contributed by atoms with Crippen molar-refractivity contribution in [2.24, 2.45) is 11.7 Å². The molecule has 3 nitrogen and oxygen atoms in total. The molecule has 1 aromatic rings. The van der Waals surface area contributed by atoms with Gasteiger partial charge in [0.25, 0.3) is 0 Å². The van der Waals surface area contributed by atoms with Crippen molar-refractivity contribution in [2.45, 2.75) is 13.3 Å². The largest absolute Gasteiger partial charge is 0.359 e. The van der Waals surface area contributed by atoms with Crippen LogP contribution in [0.1, 0.15) is 11.1 Å². The van der Waals surface area contributed by atoms with Crippen LogP contribution >= 0.6 is 0 Å². The highest BCUT2D eigenvalue weighted by molar-refractivity contribution is 5.78. The van der Waals surface area contributed by atoms with Crippen LogP contribution in [0.25, 0.3) is 0 Å². The van der Waals surface area contributed by atoms with Crippen LogP contribution in [0.15, 0.2) is 18.2 Å². The number of amides is 1. The summed E-state index contributed by atoms with van der Waals surface area (Å²) >= 11 is 0. The summed E-state index contributed by atoms with van der Waals surface area (Å²) < 4.78 is 12.9. The molecule has 0 aliphatic rings. The van der Waals surface area contributed by atoms with Crippen molar-refractivity contribution >= 4 is 5.91 Å². The second kappa shape index (κ2) is 5.61. The summed E-state index contributed by atoms with van der Waals surface area (Å²) in [6, 6.07) is 4.57. The molecule has 1 aromatic carbocycles. The van der Waals surface area contributed by atoms with E-state index in [1.807, 2.05) is 6.92 Å². The van der Waals surface area contributed by atoms with E-state index in [0.29, 0.717) is 6.42 Å². The first-order chi connectivity index (χ1) is 7.58. The molecule has 0 aliphatic heterocycles. The van der Waals surface area contributed by atoms with E-state index >= 15 is 0 Å². The highest BCUT2D eigenvalue weighted by Gasteiger charge is 2.16. The lowest BCUT2D eigenvalue weighted by atomic mass is 9.95. The van der Waals surface area contributed by atoms with Crippen LogP contribution in [0.5, 0.6) is 0 Å². The molecule has 0 spiro atoms. The normalized spacial score (nSPS) is 12.2. The molecule has 88 valence electrons. The molecule has 3 N–H and O–H groups in total. The van der Waals surface area contributed by atoms with E-state index in [0.717, 1.165) is 11.1 Å². The van der Waals surface area contributed by atoms with Crippen molar-refractivity contribution in [3.8, 4) is 0 Å². The second-order valence-corrected chi connectivity index (χ2v) is 3.82. The van der Waals surface area contributed by atoms with Crippen molar-refractivity contribution in [1.29, 1.82) is 0 Å². The van der Waals surface area contributed by atoms with Crippen molar-refractivity contribution in [3.05, 3.63) is 35.1 Å². The standard InChI is InChI=1S/C12H17FN2O/c1-8-5-11(13)4-3-9(8)6-10(7-14)12(16)15-2/h3-5,10H,6-7,14H2,1-2H3,(H,15,16)/t10-/m0/s1. The number of hydrogen-bond acceptors (Lipinski definition) is 2. The Hall–Kier alpha value is -1.42. The molecule has 0 unspecified atom stereocenters. The Labute approximate surface area is 94.8 Å². The third-order valence-corrected chi connectivity index (χ3v) is 2.67. The third-order valence-electron chi connectivity index (χ3n) is 2.67. The first-order valence-corrected chi connectivity index (χ1v) is 5.25. The van der Waals surface area contributed by atoms with E-state index in [1.165, 1.54) is 12.1 Å². The first kappa shape index (κ1) is 12.6. The number of benzene rings is 1. The summed E-state index contributed by atoms with van der Waals surface area (Å²) in [7, 11) is 1.59. The maximum Gasteiger partial charge on any atom is 0.224 e. The van der Waals surface area contributed by atoms with Crippen LogP contribution in [0.2, 0.25) is 0 Å². The monoisotopic (exact) mass is 224 g/mol. The zero-order chi connectivity index (χ0) is 12.1.